The molecule has 1 aliphatic rings. The lowest BCUT2D eigenvalue weighted by atomic mass is 10.1. The monoisotopic (exact) mass is 340 g/mol. The first kappa shape index (κ1) is 17.6. The molecule has 0 unspecified atom stereocenters. The first-order chi connectivity index (χ1) is 10.8. The summed E-state index contributed by atoms with van der Waals surface area (Å²) in [6.45, 7) is 2.32. The van der Waals surface area contributed by atoms with Crippen molar-refractivity contribution in [1.29, 1.82) is 0 Å². The molecule has 23 heavy (non-hydrogen) atoms. The maximum Gasteiger partial charge on any atom is 0.317 e. The maximum atomic E-state index is 12.3. The number of methoxy groups -OCH3 is 1. The summed E-state index contributed by atoms with van der Waals surface area (Å²) in [6.07, 6.45) is 0.619. The minimum absolute atomic E-state index is 0.0129. The van der Waals surface area contributed by atoms with Crippen LogP contribution < -0.4 is 10.1 Å². The highest BCUT2D eigenvalue weighted by Crippen LogP contribution is 2.28. The summed E-state index contributed by atoms with van der Waals surface area (Å²) in [5.74, 6) is 1.14. The molecule has 0 spiro atoms. The van der Waals surface area contributed by atoms with Crippen molar-refractivity contribution in [3.05, 3.63) is 29.8 Å². The molecule has 6 nitrogen and oxygen atoms in total. The predicted octanol–water partition coefficient (Wildman–Crippen LogP) is 1.83. The topological polar surface area (TPSA) is 75.7 Å². The number of urea groups is 1. The molecule has 128 valence electrons. The van der Waals surface area contributed by atoms with Gasteiger partial charge in [0.2, 0.25) is 0 Å². The molecular formula is C16H24N2O4S. The van der Waals surface area contributed by atoms with E-state index in [-0.39, 0.29) is 29.5 Å². The summed E-state index contributed by atoms with van der Waals surface area (Å²) in [5.41, 5.74) is 0.927. The second-order valence-electron chi connectivity index (χ2n) is 5.98. The Morgan fingerprint density at radius 1 is 1.43 bits per heavy atom. The van der Waals surface area contributed by atoms with Gasteiger partial charge in [-0.05, 0) is 25.3 Å². The fraction of sp³-hybridized carbons (Fsp3) is 0.562. The third-order valence-electron chi connectivity index (χ3n) is 4.36. The van der Waals surface area contributed by atoms with E-state index < -0.39 is 9.84 Å². The van der Waals surface area contributed by atoms with E-state index in [0.29, 0.717) is 13.0 Å². The molecule has 2 rings (SSSR count). The summed E-state index contributed by atoms with van der Waals surface area (Å²) >= 11 is 0. The predicted molar refractivity (Wildman–Crippen MR) is 89.3 cm³/mol. The van der Waals surface area contributed by atoms with Gasteiger partial charge in [0.25, 0.3) is 0 Å². The summed E-state index contributed by atoms with van der Waals surface area (Å²) in [7, 11) is 0.410. The average Bonchev–Trinajstić information content (AvgIpc) is 2.90. The van der Waals surface area contributed by atoms with Crippen LogP contribution in [0.2, 0.25) is 0 Å². The molecule has 1 fully saturated rings. The normalized spacial score (nSPS) is 20.7. The first-order valence-corrected chi connectivity index (χ1v) is 9.50. The quantitative estimate of drug-likeness (QED) is 0.887. The number of rotatable bonds is 5. The maximum absolute atomic E-state index is 12.3. The molecule has 1 heterocycles. The van der Waals surface area contributed by atoms with Crippen molar-refractivity contribution in [3.63, 3.8) is 0 Å². The lowest BCUT2D eigenvalue weighted by molar-refractivity contribution is 0.192. The fourth-order valence-electron chi connectivity index (χ4n) is 2.79. The molecular weight excluding hydrogens is 316 g/mol. The largest absolute Gasteiger partial charge is 0.496 e. The van der Waals surface area contributed by atoms with Crippen molar-refractivity contribution in [2.24, 2.45) is 5.92 Å². The summed E-state index contributed by atoms with van der Waals surface area (Å²) in [4.78, 5) is 13.9. The van der Waals surface area contributed by atoms with Crippen LogP contribution in [0.4, 0.5) is 4.79 Å². The van der Waals surface area contributed by atoms with Gasteiger partial charge in [0.05, 0.1) is 24.7 Å². The van der Waals surface area contributed by atoms with Gasteiger partial charge in [-0.15, -0.1) is 0 Å². The van der Waals surface area contributed by atoms with Gasteiger partial charge in [-0.3, -0.25) is 0 Å². The highest BCUT2D eigenvalue weighted by atomic mass is 32.2. The van der Waals surface area contributed by atoms with Crippen molar-refractivity contribution in [2.75, 3.05) is 32.2 Å². The number of amides is 2. The number of benzene rings is 1. The lowest BCUT2D eigenvalue weighted by Crippen LogP contribution is -2.41. The minimum atomic E-state index is -2.91. The SMILES string of the molecule is COc1ccccc1[C@H](C)N(C)C(=O)NC[C@@H]1CCS(=O)(=O)C1. The molecule has 1 aromatic rings. The van der Waals surface area contributed by atoms with Gasteiger partial charge in [0, 0.05) is 19.2 Å². The molecule has 1 aromatic carbocycles. The number of nitrogens with one attached hydrogen (secondary N) is 1. The van der Waals surface area contributed by atoms with Crippen LogP contribution in [0.15, 0.2) is 24.3 Å². The Morgan fingerprint density at radius 2 is 2.13 bits per heavy atom. The molecule has 1 aliphatic heterocycles. The van der Waals surface area contributed by atoms with Crippen LogP contribution in [0.5, 0.6) is 5.75 Å². The van der Waals surface area contributed by atoms with E-state index in [1.54, 1.807) is 19.1 Å². The van der Waals surface area contributed by atoms with Crippen LogP contribution in [0.1, 0.15) is 24.9 Å². The van der Waals surface area contributed by atoms with Gasteiger partial charge in [0.15, 0.2) is 9.84 Å². The van der Waals surface area contributed by atoms with Gasteiger partial charge in [-0.25, -0.2) is 13.2 Å². The number of sulfone groups is 1. The zero-order chi connectivity index (χ0) is 17.0. The molecule has 2 atom stereocenters. The van der Waals surface area contributed by atoms with Crippen LogP contribution in [0, 0.1) is 5.92 Å². The Labute approximate surface area is 137 Å². The van der Waals surface area contributed by atoms with Gasteiger partial charge in [-0.1, -0.05) is 18.2 Å². The van der Waals surface area contributed by atoms with Crippen molar-refractivity contribution in [3.8, 4) is 5.75 Å². The molecule has 0 aromatic heterocycles. The molecule has 7 heteroatoms. The van der Waals surface area contributed by atoms with Crippen LogP contribution in [-0.4, -0.2) is 51.6 Å². The van der Waals surface area contributed by atoms with Crippen molar-refractivity contribution >= 4 is 15.9 Å². The van der Waals surface area contributed by atoms with Gasteiger partial charge < -0.3 is 15.0 Å². The van der Waals surface area contributed by atoms with Crippen LogP contribution in [0.25, 0.3) is 0 Å². The van der Waals surface area contributed by atoms with Gasteiger partial charge >= 0.3 is 6.03 Å². The zero-order valence-electron chi connectivity index (χ0n) is 13.8. The molecule has 0 bridgehead atoms. The van der Waals surface area contributed by atoms with Gasteiger partial charge in [0.1, 0.15) is 5.75 Å². The number of carbonyl (C=O) groups excluding carboxylic acids is 1. The summed E-state index contributed by atoms with van der Waals surface area (Å²) < 4.78 is 28.2. The van der Waals surface area contributed by atoms with Crippen LogP contribution in [-0.2, 0) is 9.84 Å². The minimum Gasteiger partial charge on any atom is -0.496 e. The fourth-order valence-corrected chi connectivity index (χ4v) is 4.65. The number of hydrogen-bond donors (Lipinski definition) is 1. The Hall–Kier alpha value is -1.76. The molecule has 0 aliphatic carbocycles. The molecule has 1 saturated heterocycles. The van der Waals surface area contributed by atoms with Crippen LogP contribution >= 0.6 is 0 Å². The highest BCUT2D eigenvalue weighted by Gasteiger charge is 2.28. The second kappa shape index (κ2) is 7.21. The number of carbonyl (C=O) groups is 1. The van der Waals surface area contributed by atoms with Crippen molar-refractivity contribution in [2.45, 2.75) is 19.4 Å². The van der Waals surface area contributed by atoms with Gasteiger partial charge in [-0.2, -0.15) is 0 Å². The van der Waals surface area contributed by atoms with Crippen molar-refractivity contribution < 1.29 is 17.9 Å². The highest BCUT2D eigenvalue weighted by molar-refractivity contribution is 7.91. The lowest BCUT2D eigenvalue weighted by Gasteiger charge is -2.27. The second-order valence-corrected chi connectivity index (χ2v) is 8.21. The molecule has 1 N–H and O–H groups in total. The van der Waals surface area contributed by atoms with E-state index in [1.807, 2.05) is 31.2 Å². The van der Waals surface area contributed by atoms with E-state index in [4.69, 9.17) is 4.74 Å². The van der Waals surface area contributed by atoms with E-state index in [9.17, 15) is 13.2 Å². The number of nitrogens with zero attached hydrogens (tertiary/aromatic N) is 1. The Balaban J connectivity index is 1.94. The Morgan fingerprint density at radius 3 is 2.74 bits per heavy atom. The van der Waals surface area contributed by atoms with E-state index in [1.165, 1.54) is 0 Å². The van der Waals surface area contributed by atoms with E-state index >= 15 is 0 Å². The standard InChI is InChI=1S/C16H24N2O4S/c1-12(14-6-4-5-7-15(14)22-3)18(2)16(19)17-10-13-8-9-23(20,21)11-13/h4-7,12-13H,8-11H2,1-3H3,(H,17,19)/t12-,13-/m0/s1. The van der Waals surface area contributed by atoms with Crippen molar-refractivity contribution in [1.82, 2.24) is 10.2 Å². The first-order valence-electron chi connectivity index (χ1n) is 7.68. The van der Waals surface area contributed by atoms with E-state index in [2.05, 4.69) is 5.32 Å². The smallest absolute Gasteiger partial charge is 0.317 e. The number of ether oxygens (including phenoxy) is 1. The van der Waals surface area contributed by atoms with Crippen LogP contribution in [0.3, 0.4) is 0 Å². The summed E-state index contributed by atoms with van der Waals surface area (Å²) in [6, 6.07) is 7.21. The number of para-hydroxylation sites is 1. The molecule has 0 saturated carbocycles. The molecule has 0 radical (unpaired) electrons. The average molecular weight is 340 g/mol. The third kappa shape index (κ3) is 4.37. The Kier molecular flexibility index (Phi) is 5.51. The zero-order valence-corrected chi connectivity index (χ0v) is 14.6. The summed E-state index contributed by atoms with van der Waals surface area (Å²) in [5, 5.41) is 2.83. The third-order valence-corrected chi connectivity index (χ3v) is 6.20. The van der Waals surface area contributed by atoms with E-state index in [0.717, 1.165) is 11.3 Å². The molecule has 2 amide bonds. The Bertz CT molecular complexity index is 660. The number of hydrogen-bond acceptors (Lipinski definition) is 4.